The Kier molecular flexibility index (Phi) is 7.27. The van der Waals surface area contributed by atoms with Gasteiger partial charge in [-0.05, 0) is 26.0 Å². The van der Waals surface area contributed by atoms with E-state index in [0.717, 1.165) is 6.07 Å². The van der Waals surface area contributed by atoms with Crippen molar-refractivity contribution >= 4 is 5.96 Å². The molecule has 0 aliphatic heterocycles. The Bertz CT molecular complexity index is 548. The number of guanidine groups is 1. The minimum atomic E-state index is -4.50. The van der Waals surface area contributed by atoms with Crippen molar-refractivity contribution < 1.29 is 22.6 Å². The zero-order valence-electron chi connectivity index (χ0n) is 14.2. The molecule has 1 rings (SSSR count). The molecule has 0 saturated heterocycles. The van der Waals surface area contributed by atoms with Gasteiger partial charge in [0.05, 0.1) is 12.1 Å². The SMILES string of the molecule is CN=C(NCCOc1ncccc1C(F)(F)F)NCC(C)(C)OC. The fourth-order valence-corrected chi connectivity index (χ4v) is 1.63. The summed E-state index contributed by atoms with van der Waals surface area (Å²) in [5.74, 6) is 0.0658. The standard InChI is InChI=1S/C15H23F3N4O2/c1-14(2,23-4)10-22-13(19-3)21-8-9-24-12-11(15(16,17)18)6-5-7-20-12/h5-7H,8-10H2,1-4H3,(H2,19,21,22). The summed E-state index contributed by atoms with van der Waals surface area (Å²) in [6, 6.07) is 2.15. The van der Waals surface area contributed by atoms with Crippen molar-refractivity contribution in [3.8, 4) is 5.88 Å². The van der Waals surface area contributed by atoms with Gasteiger partial charge in [0.15, 0.2) is 5.96 Å². The highest BCUT2D eigenvalue weighted by Crippen LogP contribution is 2.34. The Labute approximate surface area is 139 Å². The van der Waals surface area contributed by atoms with Gasteiger partial charge in [-0.1, -0.05) is 0 Å². The molecule has 0 fully saturated rings. The molecule has 9 heteroatoms. The van der Waals surface area contributed by atoms with Gasteiger partial charge in [0.1, 0.15) is 12.2 Å². The van der Waals surface area contributed by atoms with Gasteiger partial charge < -0.3 is 20.1 Å². The van der Waals surface area contributed by atoms with Gasteiger partial charge in [0.2, 0.25) is 5.88 Å². The molecule has 0 saturated carbocycles. The third-order valence-corrected chi connectivity index (χ3v) is 3.17. The van der Waals surface area contributed by atoms with Gasteiger partial charge in [-0.25, -0.2) is 4.98 Å². The van der Waals surface area contributed by atoms with Gasteiger partial charge in [-0.2, -0.15) is 13.2 Å². The summed E-state index contributed by atoms with van der Waals surface area (Å²) in [5.41, 5.74) is -1.27. The summed E-state index contributed by atoms with van der Waals surface area (Å²) in [4.78, 5) is 7.64. The molecule has 6 nitrogen and oxygen atoms in total. The monoisotopic (exact) mass is 348 g/mol. The van der Waals surface area contributed by atoms with Crippen LogP contribution in [-0.2, 0) is 10.9 Å². The quantitative estimate of drug-likeness (QED) is 0.449. The van der Waals surface area contributed by atoms with Crippen LogP contribution in [0.15, 0.2) is 23.3 Å². The highest BCUT2D eigenvalue weighted by molar-refractivity contribution is 5.79. The number of hydrogen-bond acceptors (Lipinski definition) is 4. The summed E-state index contributed by atoms with van der Waals surface area (Å²) in [7, 11) is 3.20. The highest BCUT2D eigenvalue weighted by atomic mass is 19.4. The lowest BCUT2D eigenvalue weighted by atomic mass is 10.1. The molecular formula is C15H23F3N4O2. The smallest absolute Gasteiger partial charge is 0.421 e. The van der Waals surface area contributed by atoms with Crippen molar-refractivity contribution in [2.75, 3.05) is 33.9 Å². The van der Waals surface area contributed by atoms with Crippen LogP contribution in [-0.4, -0.2) is 50.4 Å². The largest absolute Gasteiger partial charge is 0.475 e. The number of aromatic nitrogens is 1. The summed E-state index contributed by atoms with van der Waals surface area (Å²) in [6.07, 6.45) is -3.24. The molecular weight excluding hydrogens is 325 g/mol. The molecule has 0 bridgehead atoms. The molecule has 0 aliphatic rings. The van der Waals surface area contributed by atoms with Gasteiger partial charge in [0, 0.05) is 26.9 Å². The van der Waals surface area contributed by atoms with Crippen molar-refractivity contribution in [1.29, 1.82) is 0 Å². The maximum Gasteiger partial charge on any atom is 0.421 e. The average Bonchev–Trinajstić information content (AvgIpc) is 2.53. The first-order valence-corrected chi connectivity index (χ1v) is 7.34. The third-order valence-electron chi connectivity index (χ3n) is 3.17. The summed E-state index contributed by atoms with van der Waals surface area (Å²) < 4.78 is 48.8. The maximum atomic E-state index is 12.8. The molecule has 0 unspecified atom stereocenters. The van der Waals surface area contributed by atoms with Crippen LogP contribution in [0.1, 0.15) is 19.4 Å². The third kappa shape index (κ3) is 6.61. The minimum absolute atomic E-state index is 0.00840. The summed E-state index contributed by atoms with van der Waals surface area (Å²) >= 11 is 0. The van der Waals surface area contributed by atoms with Crippen molar-refractivity contribution in [3.05, 3.63) is 23.9 Å². The van der Waals surface area contributed by atoms with Crippen LogP contribution >= 0.6 is 0 Å². The normalized spacial score (nSPS) is 12.9. The number of nitrogens with one attached hydrogen (secondary N) is 2. The molecule has 0 amide bonds. The van der Waals surface area contributed by atoms with E-state index in [1.54, 1.807) is 14.2 Å². The van der Waals surface area contributed by atoms with Crippen LogP contribution in [0.3, 0.4) is 0 Å². The Morgan fingerprint density at radius 1 is 1.29 bits per heavy atom. The Hall–Kier alpha value is -2.03. The lowest BCUT2D eigenvalue weighted by Gasteiger charge is -2.24. The molecule has 1 aromatic rings. The molecule has 1 aromatic heterocycles. The average molecular weight is 348 g/mol. The van der Waals surface area contributed by atoms with Crippen LogP contribution in [0.5, 0.6) is 5.88 Å². The Balaban J connectivity index is 2.46. The van der Waals surface area contributed by atoms with E-state index < -0.39 is 17.6 Å². The number of rotatable bonds is 7. The molecule has 0 spiro atoms. The van der Waals surface area contributed by atoms with Crippen LogP contribution in [0.25, 0.3) is 0 Å². The van der Waals surface area contributed by atoms with E-state index in [9.17, 15) is 13.2 Å². The van der Waals surface area contributed by atoms with E-state index in [-0.39, 0.29) is 18.8 Å². The minimum Gasteiger partial charge on any atom is -0.475 e. The predicted molar refractivity (Wildman–Crippen MR) is 85.2 cm³/mol. The summed E-state index contributed by atoms with van der Waals surface area (Å²) in [5, 5.41) is 6.00. The number of ether oxygens (including phenoxy) is 2. The first kappa shape index (κ1) is 20.0. The first-order valence-electron chi connectivity index (χ1n) is 7.34. The molecule has 2 N–H and O–H groups in total. The zero-order valence-corrected chi connectivity index (χ0v) is 14.2. The lowest BCUT2D eigenvalue weighted by molar-refractivity contribution is -0.139. The molecule has 1 heterocycles. The number of halogens is 3. The number of aliphatic imine (C=N–C) groups is 1. The van der Waals surface area contributed by atoms with Gasteiger partial charge in [-0.15, -0.1) is 0 Å². The van der Waals surface area contributed by atoms with Crippen molar-refractivity contribution in [1.82, 2.24) is 15.6 Å². The molecule has 0 atom stereocenters. The van der Waals surface area contributed by atoms with E-state index in [1.165, 1.54) is 12.3 Å². The fraction of sp³-hybridized carbons (Fsp3) is 0.600. The second-order valence-corrected chi connectivity index (χ2v) is 5.52. The lowest BCUT2D eigenvalue weighted by Crippen LogP contribution is -2.46. The molecule has 136 valence electrons. The van der Waals surface area contributed by atoms with Crippen LogP contribution in [0.2, 0.25) is 0 Å². The van der Waals surface area contributed by atoms with Crippen molar-refractivity contribution in [2.45, 2.75) is 25.6 Å². The van der Waals surface area contributed by atoms with Crippen LogP contribution < -0.4 is 15.4 Å². The topological polar surface area (TPSA) is 67.8 Å². The van der Waals surface area contributed by atoms with E-state index in [0.29, 0.717) is 12.5 Å². The van der Waals surface area contributed by atoms with Crippen molar-refractivity contribution in [3.63, 3.8) is 0 Å². The predicted octanol–water partition coefficient (Wildman–Crippen LogP) is 2.07. The Morgan fingerprint density at radius 3 is 2.58 bits per heavy atom. The molecule has 24 heavy (non-hydrogen) atoms. The molecule has 0 radical (unpaired) electrons. The first-order chi connectivity index (χ1) is 11.2. The van der Waals surface area contributed by atoms with Crippen LogP contribution in [0, 0.1) is 0 Å². The van der Waals surface area contributed by atoms with E-state index >= 15 is 0 Å². The Morgan fingerprint density at radius 2 is 2.00 bits per heavy atom. The van der Waals surface area contributed by atoms with Crippen LogP contribution in [0.4, 0.5) is 13.2 Å². The number of methoxy groups -OCH3 is 1. The van der Waals surface area contributed by atoms with Crippen molar-refractivity contribution in [2.24, 2.45) is 4.99 Å². The van der Waals surface area contributed by atoms with E-state index in [2.05, 4.69) is 20.6 Å². The van der Waals surface area contributed by atoms with E-state index in [4.69, 9.17) is 9.47 Å². The second kappa shape index (κ2) is 8.72. The number of pyridine rings is 1. The summed E-state index contributed by atoms with van der Waals surface area (Å²) in [6.45, 7) is 4.62. The number of alkyl halides is 3. The number of nitrogens with zero attached hydrogens (tertiary/aromatic N) is 2. The van der Waals surface area contributed by atoms with Gasteiger partial charge in [-0.3, -0.25) is 4.99 Å². The number of hydrogen-bond donors (Lipinski definition) is 2. The zero-order chi connectivity index (χ0) is 18.2. The van der Waals surface area contributed by atoms with Gasteiger partial charge >= 0.3 is 6.18 Å². The van der Waals surface area contributed by atoms with Gasteiger partial charge in [0.25, 0.3) is 0 Å². The fourth-order valence-electron chi connectivity index (χ4n) is 1.63. The second-order valence-electron chi connectivity index (χ2n) is 5.52. The molecule has 0 aliphatic carbocycles. The molecule has 0 aromatic carbocycles. The van der Waals surface area contributed by atoms with E-state index in [1.807, 2.05) is 13.8 Å². The maximum absolute atomic E-state index is 12.8. The highest BCUT2D eigenvalue weighted by Gasteiger charge is 2.34.